The molecule has 0 fully saturated rings. The molecule has 0 radical (unpaired) electrons. The third-order valence-electron chi connectivity index (χ3n) is 5.37. The van der Waals surface area contributed by atoms with Gasteiger partial charge < -0.3 is 19.6 Å². The third-order valence-corrected chi connectivity index (χ3v) is 5.37. The van der Waals surface area contributed by atoms with Crippen LogP contribution in [-0.2, 0) is 0 Å². The van der Waals surface area contributed by atoms with Gasteiger partial charge in [-0.1, -0.05) is 40.0 Å². The van der Waals surface area contributed by atoms with E-state index in [0.717, 1.165) is 85.7 Å². The molecule has 0 aromatic heterocycles. The number of hydroxylamine groups is 1. The molecule has 2 aromatic rings. The van der Waals surface area contributed by atoms with Crippen LogP contribution in [-0.4, -0.2) is 19.3 Å². The number of fused-ring (bicyclic) bond motifs is 2. The van der Waals surface area contributed by atoms with E-state index in [1.165, 1.54) is 0 Å². The molecule has 2 aromatic carbocycles. The molecule has 170 valence electrons. The predicted octanol–water partition coefficient (Wildman–Crippen LogP) is 5.42. The predicted molar refractivity (Wildman–Crippen MR) is 125 cm³/mol. The second kappa shape index (κ2) is 11.9. The summed E-state index contributed by atoms with van der Waals surface area (Å²) in [6, 6.07) is 12.1. The van der Waals surface area contributed by atoms with E-state index in [0.29, 0.717) is 0 Å². The molecule has 2 atom stereocenters. The zero-order valence-electron chi connectivity index (χ0n) is 19.1. The highest BCUT2D eigenvalue weighted by Crippen LogP contribution is 2.45. The molecule has 0 bridgehead atoms. The zero-order valence-corrected chi connectivity index (χ0v) is 19.1. The molecule has 0 spiro atoms. The van der Waals surface area contributed by atoms with Crippen molar-refractivity contribution >= 4 is 0 Å². The lowest BCUT2D eigenvalue weighted by Gasteiger charge is -2.30. The van der Waals surface area contributed by atoms with E-state index in [2.05, 4.69) is 43.7 Å². The molecule has 0 amide bonds. The quantitative estimate of drug-likeness (QED) is 0.225. The number of nitrogens with one attached hydrogen (secondary N) is 2. The second-order valence-electron chi connectivity index (χ2n) is 8.04. The lowest BCUT2D eigenvalue weighted by atomic mass is 9.94. The minimum absolute atomic E-state index is 0.0609. The van der Waals surface area contributed by atoms with E-state index in [1.54, 1.807) is 0 Å². The molecule has 31 heavy (non-hydrogen) atoms. The number of ether oxygens (including phenoxy) is 2. The van der Waals surface area contributed by atoms with Crippen LogP contribution in [0.5, 0.6) is 23.0 Å². The summed E-state index contributed by atoms with van der Waals surface area (Å²) in [6.07, 6.45) is 5.94. The first-order chi connectivity index (χ1) is 15.2. The average Bonchev–Trinajstić information content (AvgIpc) is 2.76. The van der Waals surface area contributed by atoms with Gasteiger partial charge in [-0.15, -0.1) is 0 Å². The van der Waals surface area contributed by atoms with E-state index in [4.69, 9.17) is 20.0 Å². The summed E-state index contributed by atoms with van der Waals surface area (Å²) in [4.78, 5) is 5.71. The maximum absolute atomic E-state index is 6.30. The van der Waals surface area contributed by atoms with E-state index >= 15 is 0 Å². The van der Waals surface area contributed by atoms with Gasteiger partial charge in [-0.05, 0) is 50.1 Å². The van der Waals surface area contributed by atoms with Crippen molar-refractivity contribution in [3.63, 3.8) is 0 Å². The van der Waals surface area contributed by atoms with E-state index in [1.807, 2.05) is 24.3 Å². The fraction of sp³-hybridized carbons (Fsp3) is 0.520. The fourth-order valence-electron chi connectivity index (χ4n) is 3.65. The van der Waals surface area contributed by atoms with Gasteiger partial charge in [0, 0.05) is 29.8 Å². The molecule has 0 saturated heterocycles. The highest BCUT2D eigenvalue weighted by molar-refractivity contribution is 5.56. The van der Waals surface area contributed by atoms with Crippen LogP contribution in [0.2, 0.25) is 0 Å². The van der Waals surface area contributed by atoms with Crippen molar-refractivity contribution in [2.45, 2.75) is 71.6 Å². The first-order valence-electron chi connectivity index (χ1n) is 11.7. The SMILES string of the molecule is CCCCNOc1ccc2c(c1)Oc1cc(OC(N)CCC)ccc1C2NCCCC. The second-order valence-corrected chi connectivity index (χ2v) is 8.04. The summed E-state index contributed by atoms with van der Waals surface area (Å²) in [5.74, 6) is 3.05. The summed E-state index contributed by atoms with van der Waals surface area (Å²) in [6.45, 7) is 8.21. The Morgan fingerprint density at radius 2 is 1.55 bits per heavy atom. The molecule has 6 heteroatoms. The number of nitrogens with two attached hydrogens (primary N) is 1. The summed E-state index contributed by atoms with van der Waals surface area (Å²) < 4.78 is 12.2. The highest BCUT2D eigenvalue weighted by Gasteiger charge is 2.28. The Bertz CT molecular complexity index is 828. The number of benzene rings is 2. The molecule has 1 aliphatic heterocycles. The first-order valence-corrected chi connectivity index (χ1v) is 11.7. The molecule has 1 aliphatic rings. The van der Waals surface area contributed by atoms with E-state index < -0.39 is 0 Å². The van der Waals surface area contributed by atoms with Crippen molar-refractivity contribution in [3.05, 3.63) is 47.5 Å². The average molecular weight is 428 g/mol. The van der Waals surface area contributed by atoms with Gasteiger partial charge >= 0.3 is 0 Å². The van der Waals surface area contributed by atoms with Gasteiger partial charge in [0.25, 0.3) is 0 Å². The van der Waals surface area contributed by atoms with Crippen molar-refractivity contribution in [1.82, 2.24) is 10.8 Å². The van der Waals surface area contributed by atoms with Crippen LogP contribution in [0.1, 0.15) is 76.5 Å². The van der Waals surface area contributed by atoms with Crippen LogP contribution in [0.3, 0.4) is 0 Å². The number of rotatable bonds is 13. The Labute approximate surface area is 186 Å². The molecule has 3 rings (SSSR count). The molecule has 1 heterocycles. The van der Waals surface area contributed by atoms with Crippen LogP contribution < -0.4 is 30.8 Å². The van der Waals surface area contributed by atoms with Crippen LogP contribution in [0.4, 0.5) is 0 Å². The molecular formula is C25H37N3O3. The van der Waals surface area contributed by atoms with Gasteiger partial charge in [0.2, 0.25) is 0 Å². The van der Waals surface area contributed by atoms with Gasteiger partial charge in [-0.25, -0.2) is 0 Å². The Kier molecular flexibility index (Phi) is 9.00. The maximum atomic E-state index is 6.30. The third kappa shape index (κ3) is 6.35. The normalized spacial score (nSPS) is 15.5. The van der Waals surface area contributed by atoms with Crippen molar-refractivity contribution in [3.8, 4) is 23.0 Å². The number of hydrogen-bond donors (Lipinski definition) is 3. The standard InChI is InChI=1S/C25H37N3O3/c1-4-7-14-27-25-20-12-10-18(29-24(26)9-6-3)16-22(20)30-23-17-19(11-13-21(23)25)31-28-15-8-5-2/h10-13,16-17,24-25,27-28H,4-9,14-15,26H2,1-3H3. The Hall–Kier alpha value is -2.28. The largest absolute Gasteiger partial charge is 0.475 e. The van der Waals surface area contributed by atoms with Crippen molar-refractivity contribution < 1.29 is 14.3 Å². The van der Waals surface area contributed by atoms with Gasteiger partial charge in [0.1, 0.15) is 23.5 Å². The maximum Gasteiger partial charge on any atom is 0.150 e. The molecular weight excluding hydrogens is 390 g/mol. The minimum Gasteiger partial charge on any atom is -0.475 e. The minimum atomic E-state index is -0.313. The topological polar surface area (TPSA) is 77.8 Å². The van der Waals surface area contributed by atoms with Crippen LogP contribution in [0.15, 0.2) is 36.4 Å². The van der Waals surface area contributed by atoms with Gasteiger partial charge in [0.05, 0.1) is 6.04 Å². The lowest BCUT2D eigenvalue weighted by molar-refractivity contribution is 0.193. The molecule has 0 saturated carbocycles. The van der Waals surface area contributed by atoms with Crippen molar-refractivity contribution in [1.29, 1.82) is 0 Å². The lowest BCUT2D eigenvalue weighted by Crippen LogP contribution is -2.28. The van der Waals surface area contributed by atoms with Crippen LogP contribution >= 0.6 is 0 Å². The number of unbranched alkanes of at least 4 members (excludes halogenated alkanes) is 2. The summed E-state index contributed by atoms with van der Waals surface area (Å²) in [5, 5.41) is 3.69. The van der Waals surface area contributed by atoms with Crippen molar-refractivity contribution in [2.75, 3.05) is 13.1 Å². The highest BCUT2D eigenvalue weighted by atomic mass is 16.6. The van der Waals surface area contributed by atoms with Crippen molar-refractivity contribution in [2.24, 2.45) is 5.73 Å². The molecule has 6 nitrogen and oxygen atoms in total. The first kappa shape index (κ1) is 23.4. The molecule has 2 unspecified atom stereocenters. The smallest absolute Gasteiger partial charge is 0.150 e. The van der Waals surface area contributed by atoms with E-state index in [-0.39, 0.29) is 12.3 Å². The van der Waals surface area contributed by atoms with Gasteiger partial charge in [0.15, 0.2) is 5.75 Å². The van der Waals surface area contributed by atoms with Crippen LogP contribution in [0, 0.1) is 0 Å². The van der Waals surface area contributed by atoms with Crippen LogP contribution in [0.25, 0.3) is 0 Å². The Morgan fingerprint density at radius 1 is 0.903 bits per heavy atom. The monoisotopic (exact) mass is 427 g/mol. The fourth-order valence-corrected chi connectivity index (χ4v) is 3.65. The Morgan fingerprint density at radius 3 is 2.23 bits per heavy atom. The number of hydrogen-bond acceptors (Lipinski definition) is 6. The molecule has 0 aliphatic carbocycles. The summed E-state index contributed by atoms with van der Waals surface area (Å²) >= 11 is 0. The van der Waals surface area contributed by atoms with E-state index in [9.17, 15) is 0 Å². The van der Waals surface area contributed by atoms with Gasteiger partial charge in [-0.2, -0.15) is 5.48 Å². The van der Waals surface area contributed by atoms with Gasteiger partial charge in [-0.3, -0.25) is 5.73 Å². The zero-order chi connectivity index (χ0) is 22.1. The summed E-state index contributed by atoms with van der Waals surface area (Å²) in [7, 11) is 0. The Balaban J connectivity index is 1.83. The molecule has 4 N–H and O–H groups in total. The summed E-state index contributed by atoms with van der Waals surface area (Å²) in [5.41, 5.74) is 11.3.